The molecule has 2 aromatic heterocycles. The molecule has 7 aromatic rings. The van der Waals surface area contributed by atoms with Crippen molar-refractivity contribution in [2.75, 3.05) is 9.80 Å². The van der Waals surface area contributed by atoms with Crippen molar-refractivity contribution in [3.63, 3.8) is 0 Å². The normalized spacial score (nSPS) is 13.1. The van der Waals surface area contributed by atoms with Crippen LogP contribution in [-0.2, 0) is 31.9 Å². The van der Waals surface area contributed by atoms with Gasteiger partial charge in [0.05, 0.1) is 0 Å². The summed E-state index contributed by atoms with van der Waals surface area (Å²) in [4.78, 5) is 9.10. The Bertz CT molecular complexity index is 2400. The minimum atomic E-state index is -0.291. The van der Waals surface area contributed by atoms with Crippen LogP contribution in [0.4, 0.5) is 27.1 Å². The van der Waals surface area contributed by atoms with Gasteiger partial charge in [0.2, 0.25) is 0 Å². The Morgan fingerprint density at radius 3 is 2.14 bits per heavy atom. The van der Waals surface area contributed by atoms with E-state index >= 15 is 0 Å². The number of nitrogens with zero attached hydrogens (tertiary/aromatic N) is 4. The molecule has 0 aliphatic carbocycles. The summed E-state index contributed by atoms with van der Waals surface area (Å²) in [6.45, 7) is 15.3. The molecule has 0 unspecified atom stereocenters. The largest absolute Gasteiger partial charge is 0.509 e. The molecular weight excluding hydrogens is 815 g/mol. The molecular formula is C44H38FN4OPt-3. The van der Waals surface area contributed by atoms with Gasteiger partial charge in [-0.1, -0.05) is 71.3 Å². The third-order valence-electron chi connectivity index (χ3n) is 9.31. The van der Waals surface area contributed by atoms with Crippen LogP contribution in [0.1, 0.15) is 52.7 Å². The van der Waals surface area contributed by atoms with E-state index in [2.05, 4.69) is 125 Å². The van der Waals surface area contributed by atoms with Crippen molar-refractivity contribution in [3.8, 4) is 17.3 Å². The van der Waals surface area contributed by atoms with Crippen LogP contribution in [0.3, 0.4) is 0 Å². The van der Waals surface area contributed by atoms with Crippen molar-refractivity contribution in [1.82, 2.24) is 9.55 Å². The van der Waals surface area contributed by atoms with Gasteiger partial charge in [0.1, 0.15) is 11.6 Å². The van der Waals surface area contributed by atoms with Gasteiger partial charge in [0.25, 0.3) is 0 Å². The van der Waals surface area contributed by atoms with E-state index < -0.39 is 0 Å². The molecule has 8 rings (SSSR count). The monoisotopic (exact) mass is 852 g/mol. The molecule has 0 radical (unpaired) electrons. The maximum absolute atomic E-state index is 14.5. The summed E-state index contributed by atoms with van der Waals surface area (Å²) >= 11 is 0. The van der Waals surface area contributed by atoms with Gasteiger partial charge in [-0.2, -0.15) is 12.1 Å². The number of aromatic nitrogens is 2. The van der Waals surface area contributed by atoms with Crippen LogP contribution in [0.25, 0.3) is 27.6 Å². The zero-order valence-electron chi connectivity index (χ0n) is 29.4. The first-order valence-electron chi connectivity index (χ1n) is 16.9. The van der Waals surface area contributed by atoms with E-state index in [1.807, 2.05) is 47.2 Å². The smallest absolute Gasteiger partial charge is 0.135 e. The predicted molar refractivity (Wildman–Crippen MR) is 202 cm³/mol. The molecule has 7 heteroatoms. The van der Waals surface area contributed by atoms with Crippen molar-refractivity contribution in [3.05, 3.63) is 151 Å². The number of para-hydroxylation sites is 2. The van der Waals surface area contributed by atoms with E-state index in [-0.39, 0.29) is 37.7 Å². The van der Waals surface area contributed by atoms with Crippen molar-refractivity contribution < 1.29 is 30.2 Å². The molecule has 0 bridgehead atoms. The average Bonchev–Trinajstić information content (AvgIpc) is 3.63. The Morgan fingerprint density at radius 2 is 1.37 bits per heavy atom. The van der Waals surface area contributed by atoms with Crippen molar-refractivity contribution >= 4 is 44.6 Å². The predicted octanol–water partition coefficient (Wildman–Crippen LogP) is 11.7. The van der Waals surface area contributed by atoms with Crippen molar-refractivity contribution in [1.29, 1.82) is 0 Å². The van der Waals surface area contributed by atoms with Gasteiger partial charge in [-0.25, -0.2) is 9.37 Å². The minimum Gasteiger partial charge on any atom is -0.509 e. The summed E-state index contributed by atoms with van der Waals surface area (Å²) in [5, 5.41) is 1.66. The summed E-state index contributed by atoms with van der Waals surface area (Å²) in [6.07, 6.45) is 1.83. The van der Waals surface area contributed by atoms with Gasteiger partial charge in [-0.3, -0.25) is 0 Å². The summed E-state index contributed by atoms with van der Waals surface area (Å²) in [6, 6.07) is 42.8. The number of ether oxygens (including phenoxy) is 1. The second-order valence-corrected chi connectivity index (χ2v) is 14.9. The van der Waals surface area contributed by atoms with Gasteiger partial charge in [0, 0.05) is 61.3 Å². The second kappa shape index (κ2) is 13.0. The molecule has 51 heavy (non-hydrogen) atoms. The number of hydrogen-bond acceptors (Lipinski definition) is 4. The standard InChI is InChI=1S/C44H38FN4O.Pt/c1-43(2,3)29-11-9-12-32(23-29)47-28-48(40-16-8-7-15-39(40)47)33-13-10-14-34(26-33)50-35-18-19-36-37-25-31(45)17-20-38(37)49(41(36)27-35)42-24-30(21-22-46-42)44(4,5)6;/h7-25,28H,1-6H3;/q-3;. The van der Waals surface area contributed by atoms with Gasteiger partial charge < -0.3 is 19.1 Å². The summed E-state index contributed by atoms with van der Waals surface area (Å²) < 4.78 is 23.0. The molecule has 3 heterocycles. The summed E-state index contributed by atoms with van der Waals surface area (Å²) in [7, 11) is 0. The molecule has 0 atom stereocenters. The number of anilines is 4. The van der Waals surface area contributed by atoms with Crippen molar-refractivity contribution in [2.24, 2.45) is 0 Å². The molecule has 1 aliphatic heterocycles. The number of halogens is 1. The Labute approximate surface area is 313 Å². The van der Waals surface area contributed by atoms with E-state index in [1.54, 1.807) is 12.1 Å². The molecule has 5 nitrogen and oxygen atoms in total. The maximum atomic E-state index is 14.5. The van der Waals surface area contributed by atoms with Crippen molar-refractivity contribution in [2.45, 2.75) is 52.4 Å². The third kappa shape index (κ3) is 6.42. The second-order valence-electron chi connectivity index (χ2n) is 14.9. The fourth-order valence-corrected chi connectivity index (χ4v) is 6.59. The molecule has 5 aromatic carbocycles. The third-order valence-corrected chi connectivity index (χ3v) is 9.31. The maximum Gasteiger partial charge on any atom is 0.135 e. The molecule has 0 N–H and O–H groups in total. The molecule has 0 amide bonds. The van der Waals surface area contributed by atoms with Crippen LogP contribution in [0.15, 0.2) is 115 Å². The number of pyridine rings is 1. The fraction of sp³-hybridized carbons (Fsp3) is 0.182. The van der Waals surface area contributed by atoms with Gasteiger partial charge in [-0.15, -0.1) is 48.1 Å². The number of hydrogen-bond donors (Lipinski definition) is 0. The van der Waals surface area contributed by atoms with Crippen LogP contribution in [0.5, 0.6) is 11.5 Å². The summed E-state index contributed by atoms with van der Waals surface area (Å²) in [5.74, 6) is 1.53. The number of rotatable bonds is 5. The molecule has 0 spiro atoms. The molecule has 0 saturated heterocycles. The van der Waals surface area contributed by atoms with Gasteiger partial charge >= 0.3 is 0 Å². The van der Waals surface area contributed by atoms with E-state index in [4.69, 9.17) is 9.72 Å². The van der Waals surface area contributed by atoms with E-state index in [9.17, 15) is 4.39 Å². The number of benzene rings is 5. The van der Waals surface area contributed by atoms with Gasteiger partial charge in [-0.05, 0) is 81.9 Å². The summed E-state index contributed by atoms with van der Waals surface area (Å²) in [5.41, 5.74) is 8.08. The fourth-order valence-electron chi connectivity index (χ4n) is 6.59. The van der Waals surface area contributed by atoms with Crippen LogP contribution in [0.2, 0.25) is 0 Å². The van der Waals surface area contributed by atoms with Crippen LogP contribution in [0, 0.1) is 24.6 Å². The average molecular weight is 853 g/mol. The van der Waals surface area contributed by atoms with E-state index in [1.165, 1.54) is 11.6 Å². The topological polar surface area (TPSA) is 33.5 Å². The molecule has 1 aliphatic rings. The van der Waals surface area contributed by atoms with E-state index in [0.717, 1.165) is 55.9 Å². The van der Waals surface area contributed by atoms with Gasteiger partial charge in [0.15, 0.2) is 0 Å². The quantitative estimate of drug-likeness (QED) is 0.162. The van der Waals surface area contributed by atoms with Crippen LogP contribution in [-0.4, -0.2) is 9.55 Å². The first kappa shape index (κ1) is 34.5. The van der Waals surface area contributed by atoms with Crippen LogP contribution < -0.4 is 14.5 Å². The number of fused-ring (bicyclic) bond motifs is 4. The Kier molecular flexibility index (Phi) is 8.79. The zero-order valence-corrected chi connectivity index (χ0v) is 31.7. The Hall–Kier alpha value is -4.93. The molecule has 0 fully saturated rings. The molecule has 0 saturated carbocycles. The SMILES string of the molecule is CC(C)(C)c1cccc(N2[CH-]N(c3[c-]c(Oc4[c-]c5c(cc4)c4cc(F)ccc4n5-c4cc(C(C)(C)C)ccn4)ccc3)c3ccccc32)c1.[Pt]. The molecule has 260 valence electrons. The van der Waals surface area contributed by atoms with Crippen LogP contribution >= 0.6 is 0 Å². The van der Waals surface area contributed by atoms with E-state index in [0.29, 0.717) is 11.5 Å². The minimum absolute atomic E-state index is 0. The zero-order chi connectivity index (χ0) is 34.8. The first-order valence-corrected chi connectivity index (χ1v) is 16.9. The Morgan fingerprint density at radius 1 is 0.667 bits per heavy atom. The first-order chi connectivity index (χ1) is 23.9. The Balaban J connectivity index is 0.00000406.